The number of hydrogen-bond acceptors (Lipinski definition) is 7. The lowest BCUT2D eigenvalue weighted by molar-refractivity contribution is -0.139. The first kappa shape index (κ1) is 19.8. The minimum absolute atomic E-state index is 0.0148. The maximum atomic E-state index is 12.8. The topological polar surface area (TPSA) is 102 Å². The number of hydrogen-bond donors (Lipinski definition) is 1. The van der Waals surface area contributed by atoms with Crippen LogP contribution in [-0.2, 0) is 29.1 Å². The average molecular weight is 404 g/mol. The summed E-state index contributed by atoms with van der Waals surface area (Å²) in [5.41, 5.74) is 0.00697. The summed E-state index contributed by atoms with van der Waals surface area (Å²) in [4.78, 5) is 26.1. The van der Waals surface area contributed by atoms with Crippen LogP contribution in [0, 0.1) is 0 Å². The average Bonchev–Trinajstić information content (AvgIpc) is 3.52. The zero-order valence-electron chi connectivity index (χ0n) is 15.4. The Balaban J connectivity index is 2.18. The number of anilines is 1. The van der Waals surface area contributed by atoms with E-state index in [0.29, 0.717) is 0 Å². The van der Waals surface area contributed by atoms with Gasteiger partial charge in [0.15, 0.2) is 0 Å². The molecular weight excluding hydrogens is 384 g/mol. The van der Waals surface area contributed by atoms with E-state index in [1.165, 1.54) is 37.5 Å². The molecule has 0 saturated heterocycles. The van der Waals surface area contributed by atoms with Crippen LogP contribution in [0.25, 0.3) is 0 Å². The molecule has 0 bridgehead atoms. The molecule has 1 aromatic carbocycles. The summed E-state index contributed by atoms with van der Waals surface area (Å²) in [7, 11) is -1.45. The van der Waals surface area contributed by atoms with E-state index in [1.54, 1.807) is 30.4 Å². The summed E-state index contributed by atoms with van der Waals surface area (Å²) < 4.78 is 37.9. The fourth-order valence-corrected chi connectivity index (χ4v) is 4.22. The van der Waals surface area contributed by atoms with Gasteiger partial charge in [0.2, 0.25) is 10.0 Å². The van der Waals surface area contributed by atoms with Gasteiger partial charge in [-0.25, -0.2) is 22.7 Å². The van der Waals surface area contributed by atoms with Crippen molar-refractivity contribution in [1.82, 2.24) is 4.72 Å². The number of carbonyl (C=O) groups excluding carboxylic acids is 2. The monoisotopic (exact) mass is 404 g/mol. The van der Waals surface area contributed by atoms with E-state index in [9.17, 15) is 18.0 Å². The van der Waals surface area contributed by atoms with E-state index in [2.05, 4.69) is 4.72 Å². The number of carbonyl (C=O) groups is 2. The van der Waals surface area contributed by atoms with Crippen LogP contribution in [-0.4, -0.2) is 40.6 Å². The zero-order chi connectivity index (χ0) is 20.3. The van der Waals surface area contributed by atoms with Crippen molar-refractivity contribution in [1.29, 1.82) is 0 Å². The van der Waals surface area contributed by atoms with Crippen molar-refractivity contribution in [2.45, 2.75) is 23.8 Å². The van der Waals surface area contributed by atoms with Crippen LogP contribution in [0.5, 0.6) is 0 Å². The molecule has 1 aliphatic heterocycles. The van der Waals surface area contributed by atoms with Crippen molar-refractivity contribution in [2.24, 2.45) is 0 Å². The first-order chi connectivity index (χ1) is 13.4. The van der Waals surface area contributed by atoms with Crippen molar-refractivity contribution in [3.8, 4) is 0 Å². The number of nitrogens with one attached hydrogen (secondary N) is 1. The molecule has 8 nitrogen and oxygen atoms in total. The molecule has 0 spiro atoms. The lowest BCUT2D eigenvalue weighted by atomic mass is 10.1. The molecule has 0 atom stereocenters. The Morgan fingerprint density at radius 3 is 2.39 bits per heavy atom. The number of nitrogens with zero attached hydrogens (tertiary/aromatic N) is 1. The van der Waals surface area contributed by atoms with Crippen LogP contribution in [0.4, 0.5) is 5.69 Å². The summed E-state index contributed by atoms with van der Waals surface area (Å²) >= 11 is 0. The fourth-order valence-electron chi connectivity index (χ4n) is 2.72. The second-order valence-electron chi connectivity index (χ2n) is 6.18. The molecule has 1 saturated carbocycles. The Hall–Kier alpha value is -2.91. The van der Waals surface area contributed by atoms with Crippen molar-refractivity contribution in [3.63, 3.8) is 0 Å². The van der Waals surface area contributed by atoms with Gasteiger partial charge in [-0.05, 0) is 37.1 Å². The maximum absolute atomic E-state index is 12.8. The number of sulfonamides is 1. The normalized spacial score (nSPS) is 16.7. The highest BCUT2D eigenvalue weighted by Gasteiger charge is 2.33. The summed E-state index contributed by atoms with van der Waals surface area (Å²) in [6, 6.07) is 6.15. The zero-order valence-corrected chi connectivity index (χ0v) is 16.2. The third-order valence-electron chi connectivity index (χ3n) is 4.20. The Morgan fingerprint density at radius 2 is 1.75 bits per heavy atom. The highest BCUT2D eigenvalue weighted by Crippen LogP contribution is 2.33. The quantitative estimate of drug-likeness (QED) is 0.719. The number of ether oxygens (including phenoxy) is 2. The smallest absolute Gasteiger partial charge is 0.355 e. The Labute approximate surface area is 163 Å². The molecule has 3 rings (SSSR count). The van der Waals surface area contributed by atoms with Gasteiger partial charge in [-0.2, -0.15) is 0 Å². The van der Waals surface area contributed by atoms with Gasteiger partial charge < -0.3 is 14.4 Å². The Kier molecular flexibility index (Phi) is 5.66. The number of methoxy groups -OCH3 is 2. The van der Waals surface area contributed by atoms with Crippen LogP contribution < -0.4 is 9.62 Å². The van der Waals surface area contributed by atoms with Gasteiger partial charge >= 0.3 is 11.9 Å². The standard InChI is InChI=1S/C19H20N2O6S/c1-26-18(22)14-7-5-6-12-21(17(14)19(23)27-2)15-8-3-4-9-16(15)28(24,25)20-13-10-11-13/h3-9,12-13,20H,10-11H2,1-2H3. The SMILES string of the molecule is COC(=O)C1=C(C(=O)OC)N(c2ccccc2S(=O)(=O)NC2CC2)C=CC=C1. The van der Waals surface area contributed by atoms with Crippen LogP contribution >= 0.6 is 0 Å². The van der Waals surface area contributed by atoms with Crippen LogP contribution in [0.3, 0.4) is 0 Å². The summed E-state index contributed by atoms with van der Waals surface area (Å²) in [6.45, 7) is 0. The first-order valence-corrected chi connectivity index (χ1v) is 10.0. The van der Waals surface area contributed by atoms with E-state index >= 15 is 0 Å². The highest BCUT2D eigenvalue weighted by atomic mass is 32.2. The van der Waals surface area contributed by atoms with Crippen LogP contribution in [0.2, 0.25) is 0 Å². The molecule has 1 fully saturated rings. The number of benzene rings is 1. The molecule has 28 heavy (non-hydrogen) atoms. The maximum Gasteiger partial charge on any atom is 0.355 e. The highest BCUT2D eigenvalue weighted by molar-refractivity contribution is 7.89. The van der Waals surface area contributed by atoms with Gasteiger partial charge in [-0.3, -0.25) is 0 Å². The Bertz CT molecular complexity index is 989. The van der Waals surface area contributed by atoms with Crippen molar-refractivity contribution in [3.05, 3.63) is 60.0 Å². The molecule has 1 aliphatic carbocycles. The third-order valence-corrected chi connectivity index (χ3v) is 5.77. The summed E-state index contributed by atoms with van der Waals surface area (Å²) in [6.07, 6.45) is 7.60. The van der Waals surface area contributed by atoms with Crippen molar-refractivity contribution >= 4 is 27.6 Å². The molecular formula is C19H20N2O6S. The van der Waals surface area contributed by atoms with E-state index in [1.807, 2.05) is 0 Å². The largest absolute Gasteiger partial charge is 0.465 e. The lowest BCUT2D eigenvalue weighted by Gasteiger charge is -2.25. The number of esters is 2. The molecule has 2 aliphatic rings. The molecule has 148 valence electrons. The van der Waals surface area contributed by atoms with E-state index in [0.717, 1.165) is 12.8 Å². The van der Waals surface area contributed by atoms with E-state index < -0.39 is 22.0 Å². The van der Waals surface area contributed by atoms with Crippen molar-refractivity contribution in [2.75, 3.05) is 19.1 Å². The van der Waals surface area contributed by atoms with Gasteiger partial charge in [-0.15, -0.1) is 0 Å². The number of rotatable bonds is 6. The molecule has 1 heterocycles. The van der Waals surface area contributed by atoms with Gasteiger partial charge in [0.25, 0.3) is 0 Å². The number of allylic oxidation sites excluding steroid dienone is 2. The van der Waals surface area contributed by atoms with Crippen molar-refractivity contribution < 1.29 is 27.5 Å². The molecule has 9 heteroatoms. The fraction of sp³-hybridized carbons (Fsp3) is 0.263. The first-order valence-electron chi connectivity index (χ1n) is 8.55. The Morgan fingerprint density at radius 1 is 1.07 bits per heavy atom. The van der Waals surface area contributed by atoms with Gasteiger partial charge in [-0.1, -0.05) is 18.2 Å². The second-order valence-corrected chi connectivity index (χ2v) is 7.86. The third kappa shape index (κ3) is 4.00. The predicted molar refractivity (Wildman–Crippen MR) is 102 cm³/mol. The van der Waals surface area contributed by atoms with Gasteiger partial charge in [0, 0.05) is 12.2 Å². The second kappa shape index (κ2) is 7.99. The van der Waals surface area contributed by atoms with Crippen LogP contribution in [0.15, 0.2) is 64.9 Å². The lowest BCUT2D eigenvalue weighted by Crippen LogP contribution is -2.31. The molecule has 1 aromatic rings. The number of para-hydroxylation sites is 1. The van der Waals surface area contributed by atoms with Gasteiger partial charge in [0.05, 0.1) is 25.5 Å². The summed E-state index contributed by atoms with van der Waals surface area (Å²) in [5.74, 6) is -1.55. The van der Waals surface area contributed by atoms with E-state index in [-0.39, 0.29) is 27.9 Å². The minimum Gasteiger partial charge on any atom is -0.465 e. The van der Waals surface area contributed by atoms with E-state index in [4.69, 9.17) is 9.47 Å². The van der Waals surface area contributed by atoms with Gasteiger partial charge in [0.1, 0.15) is 10.6 Å². The molecule has 1 N–H and O–H groups in total. The molecule has 0 aromatic heterocycles. The molecule has 0 radical (unpaired) electrons. The summed E-state index contributed by atoms with van der Waals surface area (Å²) in [5, 5.41) is 0. The molecule has 0 amide bonds. The predicted octanol–water partition coefficient (Wildman–Crippen LogP) is 1.62. The van der Waals surface area contributed by atoms with Crippen LogP contribution in [0.1, 0.15) is 12.8 Å². The molecule has 0 unspecified atom stereocenters. The minimum atomic E-state index is -3.82.